The molecule has 0 aliphatic carbocycles. The van der Waals surface area contributed by atoms with Gasteiger partial charge >= 0.3 is 11.9 Å². The summed E-state index contributed by atoms with van der Waals surface area (Å²) in [6.07, 6.45) is 3.25. The van der Waals surface area contributed by atoms with Gasteiger partial charge in [-0.2, -0.15) is 0 Å². The van der Waals surface area contributed by atoms with Crippen LogP contribution in [-0.2, 0) is 14.3 Å². The van der Waals surface area contributed by atoms with Crippen molar-refractivity contribution in [3.8, 4) is 0 Å². The van der Waals surface area contributed by atoms with E-state index in [2.05, 4.69) is 15.0 Å². The Labute approximate surface area is 95.1 Å². The predicted molar refractivity (Wildman–Crippen MR) is 57.8 cm³/mol. The molecule has 0 aromatic rings. The molecule has 0 aromatic carbocycles. The van der Waals surface area contributed by atoms with E-state index in [1.807, 2.05) is 0 Å². The SMILES string of the molecule is CCOC(=O)C(=O)NC1CCN2CCCC12. The van der Waals surface area contributed by atoms with Gasteiger partial charge < -0.3 is 10.1 Å². The summed E-state index contributed by atoms with van der Waals surface area (Å²) in [6.45, 7) is 4.08. The van der Waals surface area contributed by atoms with Crippen LogP contribution in [0.25, 0.3) is 0 Å². The maximum absolute atomic E-state index is 11.5. The van der Waals surface area contributed by atoms with Gasteiger partial charge in [0, 0.05) is 18.6 Å². The highest BCUT2D eigenvalue weighted by Crippen LogP contribution is 2.27. The molecule has 5 nitrogen and oxygen atoms in total. The Hall–Kier alpha value is -1.10. The van der Waals surface area contributed by atoms with Gasteiger partial charge in [-0.3, -0.25) is 9.69 Å². The zero-order valence-corrected chi connectivity index (χ0v) is 9.57. The van der Waals surface area contributed by atoms with Gasteiger partial charge in [0.1, 0.15) is 0 Å². The first-order valence-corrected chi connectivity index (χ1v) is 5.94. The number of esters is 1. The second-order valence-corrected chi connectivity index (χ2v) is 4.33. The number of rotatable bonds is 2. The third kappa shape index (κ3) is 2.19. The van der Waals surface area contributed by atoms with Crippen molar-refractivity contribution in [1.82, 2.24) is 10.2 Å². The maximum atomic E-state index is 11.5. The van der Waals surface area contributed by atoms with Crippen LogP contribution < -0.4 is 5.32 Å². The van der Waals surface area contributed by atoms with Crippen LogP contribution in [0, 0.1) is 0 Å². The second-order valence-electron chi connectivity index (χ2n) is 4.33. The third-order valence-electron chi connectivity index (χ3n) is 3.38. The van der Waals surface area contributed by atoms with Crippen molar-refractivity contribution in [1.29, 1.82) is 0 Å². The highest BCUT2D eigenvalue weighted by molar-refractivity contribution is 6.32. The fraction of sp³-hybridized carbons (Fsp3) is 0.818. The fourth-order valence-corrected chi connectivity index (χ4v) is 2.67. The summed E-state index contributed by atoms with van der Waals surface area (Å²) in [6, 6.07) is 0.554. The van der Waals surface area contributed by atoms with Gasteiger partial charge in [0.15, 0.2) is 0 Å². The molecular formula is C11H18N2O3. The molecule has 2 unspecified atom stereocenters. The van der Waals surface area contributed by atoms with Gasteiger partial charge in [-0.1, -0.05) is 0 Å². The Morgan fingerprint density at radius 1 is 1.38 bits per heavy atom. The lowest BCUT2D eigenvalue weighted by Crippen LogP contribution is -2.45. The molecule has 2 fully saturated rings. The third-order valence-corrected chi connectivity index (χ3v) is 3.38. The van der Waals surface area contributed by atoms with Crippen LogP contribution in [0.5, 0.6) is 0 Å². The van der Waals surface area contributed by atoms with Crippen LogP contribution in [0.2, 0.25) is 0 Å². The summed E-state index contributed by atoms with van der Waals surface area (Å²) >= 11 is 0. The Morgan fingerprint density at radius 2 is 2.19 bits per heavy atom. The normalized spacial score (nSPS) is 28.8. The van der Waals surface area contributed by atoms with E-state index in [1.165, 1.54) is 6.42 Å². The summed E-state index contributed by atoms with van der Waals surface area (Å²) < 4.78 is 4.66. The van der Waals surface area contributed by atoms with Crippen molar-refractivity contribution < 1.29 is 14.3 Å². The van der Waals surface area contributed by atoms with Gasteiger partial charge in [-0.05, 0) is 32.7 Å². The first-order chi connectivity index (χ1) is 7.72. The van der Waals surface area contributed by atoms with Crippen LogP contribution in [-0.4, -0.2) is 48.6 Å². The topological polar surface area (TPSA) is 58.6 Å². The zero-order valence-electron chi connectivity index (χ0n) is 9.57. The van der Waals surface area contributed by atoms with Gasteiger partial charge in [-0.25, -0.2) is 4.79 Å². The largest absolute Gasteiger partial charge is 0.459 e. The average Bonchev–Trinajstić information content (AvgIpc) is 2.83. The van der Waals surface area contributed by atoms with E-state index < -0.39 is 11.9 Å². The standard InChI is InChI=1S/C11H18N2O3/c1-2-16-11(15)10(14)12-8-5-7-13-6-3-4-9(8)13/h8-9H,2-7H2,1H3,(H,12,14). The van der Waals surface area contributed by atoms with Crippen molar-refractivity contribution in [2.75, 3.05) is 19.7 Å². The summed E-state index contributed by atoms with van der Waals surface area (Å²) in [5, 5.41) is 2.78. The van der Waals surface area contributed by atoms with Crippen LogP contribution in [0.4, 0.5) is 0 Å². The van der Waals surface area contributed by atoms with E-state index in [0.717, 1.165) is 25.9 Å². The molecule has 2 aliphatic rings. The number of carbonyl (C=O) groups excluding carboxylic acids is 2. The maximum Gasteiger partial charge on any atom is 0.396 e. The highest BCUT2D eigenvalue weighted by atomic mass is 16.5. The van der Waals surface area contributed by atoms with Crippen molar-refractivity contribution >= 4 is 11.9 Å². The molecular weight excluding hydrogens is 208 g/mol. The van der Waals surface area contributed by atoms with E-state index in [4.69, 9.17) is 0 Å². The van der Waals surface area contributed by atoms with Crippen molar-refractivity contribution in [3.05, 3.63) is 0 Å². The molecule has 2 atom stereocenters. The second kappa shape index (κ2) is 4.82. The Kier molecular flexibility index (Phi) is 3.43. The first-order valence-electron chi connectivity index (χ1n) is 5.94. The number of nitrogens with one attached hydrogen (secondary N) is 1. The van der Waals surface area contributed by atoms with Gasteiger partial charge in [0.2, 0.25) is 0 Å². The number of hydrogen-bond acceptors (Lipinski definition) is 4. The zero-order chi connectivity index (χ0) is 11.5. The number of ether oxygens (including phenoxy) is 1. The predicted octanol–water partition coefficient (Wildman–Crippen LogP) is -0.0976. The van der Waals surface area contributed by atoms with Crippen LogP contribution >= 0.6 is 0 Å². The fourth-order valence-electron chi connectivity index (χ4n) is 2.67. The minimum absolute atomic E-state index is 0.124. The number of nitrogens with zero attached hydrogens (tertiary/aromatic N) is 1. The molecule has 90 valence electrons. The van der Waals surface area contributed by atoms with Crippen molar-refractivity contribution in [3.63, 3.8) is 0 Å². The average molecular weight is 226 g/mol. The first kappa shape index (κ1) is 11.4. The monoisotopic (exact) mass is 226 g/mol. The molecule has 2 rings (SSSR count). The highest BCUT2D eigenvalue weighted by Gasteiger charge is 2.38. The number of carbonyl (C=O) groups is 2. The molecule has 1 amide bonds. The molecule has 16 heavy (non-hydrogen) atoms. The quantitative estimate of drug-likeness (QED) is 0.528. The number of hydrogen-bond donors (Lipinski definition) is 1. The molecule has 2 heterocycles. The summed E-state index contributed by atoms with van der Waals surface area (Å²) in [5.74, 6) is -1.36. The van der Waals surface area contributed by atoms with Gasteiger partial charge in [0.25, 0.3) is 0 Å². The minimum Gasteiger partial charge on any atom is -0.459 e. The van der Waals surface area contributed by atoms with Crippen molar-refractivity contribution in [2.24, 2.45) is 0 Å². The van der Waals surface area contributed by atoms with Gasteiger partial charge in [0.05, 0.1) is 6.61 Å². The summed E-state index contributed by atoms with van der Waals surface area (Å²) in [7, 11) is 0. The molecule has 0 aromatic heterocycles. The van der Waals surface area contributed by atoms with Crippen LogP contribution in [0.15, 0.2) is 0 Å². The lowest BCUT2D eigenvalue weighted by molar-refractivity contribution is -0.154. The molecule has 0 bridgehead atoms. The smallest absolute Gasteiger partial charge is 0.396 e. The molecule has 2 saturated heterocycles. The lowest BCUT2D eigenvalue weighted by Gasteiger charge is -2.20. The Morgan fingerprint density at radius 3 is 2.94 bits per heavy atom. The molecule has 5 heteroatoms. The summed E-state index contributed by atoms with van der Waals surface area (Å²) in [5.41, 5.74) is 0. The minimum atomic E-state index is -0.765. The summed E-state index contributed by atoms with van der Waals surface area (Å²) in [4.78, 5) is 25.0. The Bertz CT molecular complexity index is 293. The number of fused-ring (bicyclic) bond motifs is 1. The number of amides is 1. The lowest BCUT2D eigenvalue weighted by atomic mass is 10.1. The molecule has 1 N–H and O–H groups in total. The Balaban J connectivity index is 1.85. The molecule has 0 radical (unpaired) electrons. The van der Waals surface area contributed by atoms with Crippen LogP contribution in [0.1, 0.15) is 26.2 Å². The van der Waals surface area contributed by atoms with Crippen molar-refractivity contribution in [2.45, 2.75) is 38.3 Å². The molecule has 0 saturated carbocycles. The van der Waals surface area contributed by atoms with Gasteiger partial charge in [-0.15, -0.1) is 0 Å². The molecule has 0 spiro atoms. The van der Waals surface area contributed by atoms with E-state index >= 15 is 0 Å². The molecule has 2 aliphatic heterocycles. The van der Waals surface area contributed by atoms with E-state index in [-0.39, 0.29) is 12.6 Å². The van der Waals surface area contributed by atoms with E-state index in [0.29, 0.717) is 6.04 Å². The van der Waals surface area contributed by atoms with Crippen LogP contribution in [0.3, 0.4) is 0 Å². The van der Waals surface area contributed by atoms with E-state index in [9.17, 15) is 9.59 Å². The van der Waals surface area contributed by atoms with E-state index in [1.54, 1.807) is 6.92 Å².